The van der Waals surface area contributed by atoms with Gasteiger partial charge in [-0.3, -0.25) is 9.69 Å². The van der Waals surface area contributed by atoms with Gasteiger partial charge in [0.1, 0.15) is 0 Å². The van der Waals surface area contributed by atoms with Gasteiger partial charge >= 0.3 is 18.0 Å². The highest BCUT2D eigenvalue weighted by atomic mass is 16.5. The number of anilines is 1. The number of aliphatic imine (C=N–C) groups is 1. The van der Waals surface area contributed by atoms with Gasteiger partial charge < -0.3 is 19.1 Å². The third kappa shape index (κ3) is 6.95. The van der Waals surface area contributed by atoms with Gasteiger partial charge in [-0.15, -0.1) is 0 Å². The van der Waals surface area contributed by atoms with Gasteiger partial charge in [0.2, 0.25) is 0 Å². The van der Waals surface area contributed by atoms with Gasteiger partial charge in [-0.25, -0.2) is 9.59 Å². The molecule has 9 heteroatoms. The average molecular weight is 594 g/mol. The van der Waals surface area contributed by atoms with Crippen LogP contribution >= 0.6 is 0 Å². The zero-order valence-corrected chi connectivity index (χ0v) is 25.3. The van der Waals surface area contributed by atoms with Crippen LogP contribution in [0.5, 0.6) is 0 Å². The second kappa shape index (κ2) is 14.6. The molecule has 0 atom stereocenters. The summed E-state index contributed by atoms with van der Waals surface area (Å²) < 4.78 is 15.6. The molecule has 9 nitrogen and oxygen atoms in total. The maximum Gasteiger partial charge on any atom is 0.340 e. The lowest BCUT2D eigenvalue weighted by Gasteiger charge is -2.30. The van der Waals surface area contributed by atoms with Gasteiger partial charge in [-0.05, 0) is 80.8 Å². The van der Waals surface area contributed by atoms with Crippen LogP contribution in [0.4, 0.5) is 11.4 Å². The van der Waals surface area contributed by atoms with E-state index in [1.807, 2.05) is 55.5 Å². The van der Waals surface area contributed by atoms with Crippen molar-refractivity contribution in [3.8, 4) is 0 Å². The molecule has 1 amide bonds. The Hall–Kier alpha value is -5.44. The van der Waals surface area contributed by atoms with Gasteiger partial charge in [0.15, 0.2) is 5.76 Å². The molecule has 1 heterocycles. The van der Waals surface area contributed by atoms with Gasteiger partial charge in [0, 0.05) is 23.6 Å². The summed E-state index contributed by atoms with van der Waals surface area (Å²) in [5.74, 6) is -1.49. The molecule has 1 aliphatic carbocycles. The van der Waals surface area contributed by atoms with E-state index in [0.717, 1.165) is 29.1 Å². The molecular formula is C35H35N3O6. The highest BCUT2D eigenvalue weighted by Crippen LogP contribution is 2.32. The molecule has 2 aliphatic rings. The summed E-state index contributed by atoms with van der Waals surface area (Å²) in [6, 6.07) is 14.4. The number of amidine groups is 1. The van der Waals surface area contributed by atoms with Crippen molar-refractivity contribution in [2.45, 2.75) is 26.7 Å². The number of nitrogens with zero attached hydrogens (tertiary/aromatic N) is 3. The number of esters is 2. The summed E-state index contributed by atoms with van der Waals surface area (Å²) in [5.41, 5.74) is 4.45. The summed E-state index contributed by atoms with van der Waals surface area (Å²) in [7, 11) is 2.50. The Bertz CT molecular complexity index is 1630. The molecule has 0 bridgehead atoms. The molecule has 226 valence electrons. The van der Waals surface area contributed by atoms with E-state index in [2.05, 4.69) is 28.6 Å². The lowest BCUT2D eigenvalue weighted by molar-refractivity contribution is -0.122. The predicted molar refractivity (Wildman–Crippen MR) is 170 cm³/mol. The fraction of sp³-hybridized carbons (Fsp3) is 0.200. The van der Waals surface area contributed by atoms with Crippen molar-refractivity contribution in [3.05, 3.63) is 131 Å². The monoisotopic (exact) mass is 593 g/mol. The molecule has 0 spiro atoms. The van der Waals surface area contributed by atoms with Gasteiger partial charge in [0.05, 0.1) is 31.0 Å². The van der Waals surface area contributed by atoms with Crippen LogP contribution in [0.2, 0.25) is 0 Å². The van der Waals surface area contributed by atoms with Crippen molar-refractivity contribution in [2.75, 3.05) is 25.7 Å². The van der Waals surface area contributed by atoms with Crippen molar-refractivity contribution < 1.29 is 28.6 Å². The Morgan fingerprint density at radius 1 is 1.07 bits per heavy atom. The number of benzene rings is 2. The van der Waals surface area contributed by atoms with Crippen LogP contribution in [0, 0.1) is 0 Å². The first-order valence-electron chi connectivity index (χ1n) is 14.2. The highest BCUT2D eigenvalue weighted by Gasteiger charge is 2.34. The first kappa shape index (κ1) is 31.5. The van der Waals surface area contributed by atoms with E-state index in [9.17, 15) is 14.4 Å². The zero-order valence-electron chi connectivity index (χ0n) is 25.3. The van der Waals surface area contributed by atoms with Crippen LogP contribution in [0.3, 0.4) is 0 Å². The van der Waals surface area contributed by atoms with Gasteiger partial charge in [-0.2, -0.15) is 4.99 Å². The Labute approximate surface area is 257 Å². The number of carbonyl (C=O) groups is 3. The largest absolute Gasteiger partial charge is 0.465 e. The number of para-hydroxylation sites is 1. The molecule has 1 aliphatic heterocycles. The molecule has 0 aromatic heterocycles. The average Bonchev–Trinajstić information content (AvgIpc) is 3.35. The van der Waals surface area contributed by atoms with Crippen LogP contribution in [-0.4, -0.2) is 49.5 Å². The number of likely N-dealkylation sites (N-methyl/N-ethyl adjacent to an activating group) is 1. The maximum absolute atomic E-state index is 13.3. The molecule has 0 radical (unpaired) electrons. The minimum absolute atomic E-state index is 0.00876. The number of ether oxygens (including phenoxy) is 3. The molecule has 4 rings (SSSR count). The molecule has 0 unspecified atom stereocenters. The quantitative estimate of drug-likeness (QED) is 0.170. The standard InChI is InChI=1S/C35H35N3O6/c1-6-9-13-26(7-2)38(27-14-11-10-12-15-27)28-19-16-24(17-20-28)22-31-32(39)37(8-3)35(44-31)36-30-23-25(33(40)42-4)18-21-29(30)34(41)43-5/h6-7,9-16,18-19,21-23H,1,8,17,20H2,2-5H3/b13-9-,26-7+,31-22+,36-35?. The number of hydrogen-bond acceptors (Lipinski definition) is 8. The van der Waals surface area contributed by atoms with Crippen LogP contribution < -0.4 is 4.90 Å². The predicted octanol–water partition coefficient (Wildman–Crippen LogP) is 6.77. The molecule has 1 saturated heterocycles. The van der Waals surface area contributed by atoms with Gasteiger partial charge in [0.25, 0.3) is 5.91 Å². The van der Waals surface area contributed by atoms with Gasteiger partial charge in [-0.1, -0.05) is 49.1 Å². The topological polar surface area (TPSA) is 97.7 Å². The Balaban J connectivity index is 1.67. The first-order chi connectivity index (χ1) is 21.3. The third-order valence-corrected chi connectivity index (χ3v) is 6.98. The molecule has 1 fully saturated rings. The number of rotatable bonds is 10. The summed E-state index contributed by atoms with van der Waals surface area (Å²) in [4.78, 5) is 45.9. The van der Waals surface area contributed by atoms with E-state index >= 15 is 0 Å². The van der Waals surface area contributed by atoms with E-state index in [0.29, 0.717) is 6.42 Å². The first-order valence-corrected chi connectivity index (χ1v) is 14.2. The molecular weight excluding hydrogens is 558 g/mol. The van der Waals surface area contributed by atoms with Crippen LogP contribution in [0.25, 0.3) is 0 Å². The van der Waals surface area contributed by atoms with Crippen molar-refractivity contribution in [2.24, 2.45) is 4.99 Å². The van der Waals surface area contributed by atoms with E-state index in [1.165, 1.54) is 37.3 Å². The van der Waals surface area contributed by atoms with E-state index < -0.39 is 11.9 Å². The molecule has 2 aromatic rings. The second-order valence-corrected chi connectivity index (χ2v) is 9.65. The molecule has 0 N–H and O–H groups in total. The number of allylic oxidation sites excluding steroid dienone is 9. The minimum Gasteiger partial charge on any atom is -0.465 e. The fourth-order valence-electron chi connectivity index (χ4n) is 4.77. The van der Waals surface area contributed by atoms with E-state index in [4.69, 9.17) is 14.2 Å². The van der Waals surface area contributed by atoms with Crippen molar-refractivity contribution >= 4 is 35.2 Å². The van der Waals surface area contributed by atoms with Crippen LogP contribution in [-0.2, 0) is 19.0 Å². The van der Waals surface area contributed by atoms with Crippen molar-refractivity contribution in [1.82, 2.24) is 4.90 Å². The maximum atomic E-state index is 13.3. The van der Waals surface area contributed by atoms with Crippen molar-refractivity contribution in [1.29, 1.82) is 0 Å². The number of methoxy groups -OCH3 is 2. The number of amides is 1. The molecule has 0 saturated carbocycles. The normalized spacial score (nSPS) is 17.0. The summed E-state index contributed by atoms with van der Waals surface area (Å²) in [5, 5.41) is 0. The highest BCUT2D eigenvalue weighted by molar-refractivity contribution is 6.10. The van der Waals surface area contributed by atoms with Crippen molar-refractivity contribution in [3.63, 3.8) is 0 Å². The Morgan fingerprint density at radius 2 is 1.82 bits per heavy atom. The molecule has 2 aromatic carbocycles. The third-order valence-electron chi connectivity index (χ3n) is 6.98. The summed E-state index contributed by atoms with van der Waals surface area (Å²) in [6.07, 6.45) is 14.8. The SMILES string of the molecule is C=C/C=C\C(=C/C)N(C1=CC=C(/C=C2/OC(=Nc3cc(C(=O)OC)ccc3C(=O)OC)N(CC)C2=O)CC1)c1ccccc1. The fourth-order valence-corrected chi connectivity index (χ4v) is 4.77. The summed E-state index contributed by atoms with van der Waals surface area (Å²) in [6.45, 7) is 7.86. The molecule has 44 heavy (non-hydrogen) atoms. The van der Waals surface area contributed by atoms with E-state index in [1.54, 1.807) is 19.1 Å². The minimum atomic E-state index is -0.649. The van der Waals surface area contributed by atoms with E-state index in [-0.39, 0.29) is 41.0 Å². The van der Waals surface area contributed by atoms with Crippen LogP contribution in [0.15, 0.2) is 125 Å². The van der Waals surface area contributed by atoms with Crippen LogP contribution in [0.1, 0.15) is 47.4 Å². The zero-order chi connectivity index (χ0) is 31.6. The Morgan fingerprint density at radius 3 is 2.43 bits per heavy atom. The Kier molecular flexibility index (Phi) is 10.5. The second-order valence-electron chi connectivity index (χ2n) is 9.65. The summed E-state index contributed by atoms with van der Waals surface area (Å²) >= 11 is 0. The number of carbonyl (C=O) groups excluding carboxylic acids is 3. The lowest BCUT2D eigenvalue weighted by Crippen LogP contribution is -2.29. The lowest BCUT2D eigenvalue weighted by atomic mass is 10.00. The number of hydrogen-bond donors (Lipinski definition) is 0. The smallest absolute Gasteiger partial charge is 0.340 e.